The Bertz CT molecular complexity index is 74.4. The zero-order valence-corrected chi connectivity index (χ0v) is 5.02. The highest BCUT2D eigenvalue weighted by Gasteiger charge is 1.83. The number of ether oxygens (including phenoxy) is 1. The van der Waals surface area contributed by atoms with Crippen LogP contribution in [0, 0.1) is 0 Å². The Balaban J connectivity index is 2.82. The molecule has 0 saturated carbocycles. The van der Waals surface area contributed by atoms with Gasteiger partial charge in [-0.25, -0.2) is 5.43 Å². The van der Waals surface area contributed by atoms with Gasteiger partial charge in [-0.1, -0.05) is 0 Å². The van der Waals surface area contributed by atoms with E-state index in [1.807, 2.05) is 0 Å². The number of methoxy groups -OCH3 is 1. The van der Waals surface area contributed by atoms with E-state index in [0.29, 0.717) is 6.73 Å². The first-order valence-corrected chi connectivity index (χ1v) is 2.25. The normalized spacial score (nSPS) is 8.75. The second kappa shape index (κ2) is 4.55. The van der Waals surface area contributed by atoms with Crippen LogP contribution in [-0.4, -0.2) is 19.7 Å². The molecule has 0 bridgehead atoms. The van der Waals surface area contributed by atoms with Crippen molar-refractivity contribution in [1.29, 1.82) is 0 Å². The van der Waals surface area contributed by atoms with Crippen molar-refractivity contribution in [1.82, 2.24) is 10.9 Å². The molecule has 0 aromatic carbocycles. The summed E-state index contributed by atoms with van der Waals surface area (Å²) in [4.78, 5) is 10.1. The van der Waals surface area contributed by atoms with E-state index in [4.69, 9.17) is 0 Å². The number of nitrogens with one attached hydrogen (secondary N) is 2. The van der Waals surface area contributed by atoms with Crippen LogP contribution in [-0.2, 0) is 9.53 Å². The second-order valence-corrected chi connectivity index (χ2v) is 1.29. The smallest absolute Gasteiger partial charge is 0.231 e. The van der Waals surface area contributed by atoms with E-state index in [0.717, 1.165) is 0 Å². The first-order valence-electron chi connectivity index (χ1n) is 2.25. The second-order valence-electron chi connectivity index (χ2n) is 1.29. The maximum Gasteiger partial charge on any atom is 0.231 e. The van der Waals surface area contributed by atoms with Crippen LogP contribution in [0.15, 0.2) is 0 Å². The van der Waals surface area contributed by atoms with Gasteiger partial charge in [-0.2, -0.15) is 0 Å². The van der Waals surface area contributed by atoms with Gasteiger partial charge in [0.05, 0.1) is 0 Å². The summed E-state index contributed by atoms with van der Waals surface area (Å²) in [6.07, 6.45) is 0. The molecular formula is C4H10N2O2. The molecule has 0 radical (unpaired) electrons. The van der Waals surface area contributed by atoms with E-state index >= 15 is 0 Å². The van der Waals surface area contributed by atoms with Gasteiger partial charge in [-0.3, -0.25) is 10.2 Å². The maximum atomic E-state index is 10.1. The molecule has 0 rings (SSSR count). The molecule has 0 aromatic heterocycles. The van der Waals surface area contributed by atoms with E-state index in [9.17, 15) is 4.79 Å². The van der Waals surface area contributed by atoms with Crippen molar-refractivity contribution in [2.75, 3.05) is 13.8 Å². The fraction of sp³-hybridized carbons (Fsp3) is 0.750. The molecule has 4 nitrogen and oxygen atoms in total. The van der Waals surface area contributed by atoms with Gasteiger partial charge in [0.2, 0.25) is 5.91 Å². The van der Waals surface area contributed by atoms with Crippen LogP contribution in [0.2, 0.25) is 0 Å². The molecule has 0 atom stereocenters. The number of amides is 1. The van der Waals surface area contributed by atoms with Crippen molar-refractivity contribution in [3.8, 4) is 0 Å². The van der Waals surface area contributed by atoms with Crippen molar-refractivity contribution >= 4 is 5.91 Å². The molecule has 48 valence electrons. The molecule has 0 spiro atoms. The summed E-state index contributed by atoms with van der Waals surface area (Å²) in [6, 6.07) is 0. The van der Waals surface area contributed by atoms with E-state index in [2.05, 4.69) is 15.6 Å². The molecule has 0 aliphatic carbocycles. The van der Waals surface area contributed by atoms with E-state index in [-0.39, 0.29) is 5.91 Å². The van der Waals surface area contributed by atoms with Crippen LogP contribution in [0.4, 0.5) is 0 Å². The molecule has 0 aliphatic heterocycles. The molecule has 8 heavy (non-hydrogen) atoms. The Labute approximate surface area is 48.2 Å². The summed E-state index contributed by atoms with van der Waals surface area (Å²) in [5.41, 5.74) is 4.85. The molecule has 0 aromatic rings. The topological polar surface area (TPSA) is 50.4 Å². The van der Waals surface area contributed by atoms with Crippen molar-refractivity contribution in [3.63, 3.8) is 0 Å². The quantitative estimate of drug-likeness (QED) is 0.291. The number of hydrazine groups is 1. The SMILES string of the molecule is COCNNC(C)=O. The molecule has 0 saturated heterocycles. The van der Waals surface area contributed by atoms with Gasteiger partial charge in [-0.05, 0) is 0 Å². The van der Waals surface area contributed by atoms with Gasteiger partial charge in [0.15, 0.2) is 0 Å². The Kier molecular flexibility index (Phi) is 4.20. The standard InChI is InChI=1S/C4H10N2O2/c1-4(7)6-5-3-8-2/h5H,3H2,1-2H3,(H,6,7). The van der Waals surface area contributed by atoms with Gasteiger partial charge in [0.25, 0.3) is 0 Å². The lowest BCUT2D eigenvalue weighted by Gasteiger charge is -2.00. The first-order chi connectivity index (χ1) is 3.77. The lowest BCUT2D eigenvalue weighted by atomic mass is 10.8. The summed E-state index contributed by atoms with van der Waals surface area (Å²) in [5.74, 6) is -0.123. The molecular weight excluding hydrogens is 108 g/mol. The summed E-state index contributed by atoms with van der Waals surface area (Å²) in [6.45, 7) is 1.75. The van der Waals surface area contributed by atoms with E-state index in [1.165, 1.54) is 14.0 Å². The molecule has 0 heterocycles. The molecule has 4 heteroatoms. The van der Waals surface area contributed by atoms with Gasteiger partial charge < -0.3 is 4.74 Å². The van der Waals surface area contributed by atoms with Crippen molar-refractivity contribution < 1.29 is 9.53 Å². The molecule has 2 N–H and O–H groups in total. The molecule has 0 fully saturated rings. The van der Waals surface area contributed by atoms with Crippen LogP contribution < -0.4 is 10.9 Å². The van der Waals surface area contributed by atoms with Gasteiger partial charge in [0.1, 0.15) is 6.73 Å². The maximum absolute atomic E-state index is 10.1. The zero-order valence-electron chi connectivity index (χ0n) is 5.02. The van der Waals surface area contributed by atoms with Crippen molar-refractivity contribution in [2.24, 2.45) is 0 Å². The Morgan fingerprint density at radius 3 is 2.75 bits per heavy atom. The Hall–Kier alpha value is -0.610. The average molecular weight is 118 g/mol. The highest BCUT2D eigenvalue weighted by atomic mass is 16.5. The first kappa shape index (κ1) is 7.39. The summed E-state index contributed by atoms with van der Waals surface area (Å²) >= 11 is 0. The van der Waals surface area contributed by atoms with Crippen LogP contribution in [0.3, 0.4) is 0 Å². The zero-order chi connectivity index (χ0) is 6.41. The molecule has 0 unspecified atom stereocenters. The summed E-state index contributed by atoms with van der Waals surface area (Å²) in [7, 11) is 1.54. The van der Waals surface area contributed by atoms with Crippen LogP contribution >= 0.6 is 0 Å². The minimum atomic E-state index is -0.123. The lowest BCUT2D eigenvalue weighted by Crippen LogP contribution is -2.36. The highest BCUT2D eigenvalue weighted by molar-refractivity contribution is 5.72. The molecule has 1 amide bonds. The minimum Gasteiger partial charge on any atom is -0.368 e. The van der Waals surface area contributed by atoms with Gasteiger partial charge >= 0.3 is 0 Å². The number of hydrogen-bond donors (Lipinski definition) is 2. The predicted octanol–water partition coefficient (Wildman–Crippen LogP) is -0.769. The molecule has 0 aliphatic rings. The third-order valence-corrected chi connectivity index (χ3v) is 0.481. The highest BCUT2D eigenvalue weighted by Crippen LogP contribution is 1.55. The van der Waals surface area contributed by atoms with E-state index in [1.54, 1.807) is 0 Å². The van der Waals surface area contributed by atoms with Crippen LogP contribution in [0.5, 0.6) is 0 Å². The Morgan fingerprint density at radius 2 is 2.38 bits per heavy atom. The van der Waals surface area contributed by atoms with Crippen LogP contribution in [0.1, 0.15) is 6.92 Å². The fourth-order valence-corrected chi connectivity index (χ4v) is 0.233. The largest absolute Gasteiger partial charge is 0.368 e. The fourth-order valence-electron chi connectivity index (χ4n) is 0.233. The average Bonchev–Trinajstić information content (AvgIpc) is 1.66. The minimum absolute atomic E-state index is 0.123. The number of hydrogen-bond acceptors (Lipinski definition) is 3. The summed E-state index contributed by atoms with van der Waals surface area (Å²) < 4.78 is 4.57. The monoisotopic (exact) mass is 118 g/mol. The number of rotatable bonds is 3. The number of carbonyl (C=O) groups excluding carboxylic acids is 1. The van der Waals surface area contributed by atoms with E-state index < -0.39 is 0 Å². The van der Waals surface area contributed by atoms with Crippen molar-refractivity contribution in [2.45, 2.75) is 6.92 Å². The predicted molar refractivity (Wildman–Crippen MR) is 28.8 cm³/mol. The summed E-state index contributed by atoms with van der Waals surface area (Å²) in [5, 5.41) is 0. The lowest BCUT2D eigenvalue weighted by molar-refractivity contribution is -0.120. The van der Waals surface area contributed by atoms with Gasteiger partial charge in [0, 0.05) is 14.0 Å². The number of carbonyl (C=O) groups is 1. The third-order valence-electron chi connectivity index (χ3n) is 0.481. The van der Waals surface area contributed by atoms with Gasteiger partial charge in [-0.15, -0.1) is 0 Å². The van der Waals surface area contributed by atoms with Crippen molar-refractivity contribution in [3.05, 3.63) is 0 Å². The van der Waals surface area contributed by atoms with Crippen LogP contribution in [0.25, 0.3) is 0 Å². The Morgan fingerprint density at radius 1 is 1.75 bits per heavy atom. The third kappa shape index (κ3) is 5.39.